The fourth-order valence-corrected chi connectivity index (χ4v) is 3.15. The number of carbonyl (C=O) groups excluding carboxylic acids is 1. The van der Waals surface area contributed by atoms with E-state index in [9.17, 15) is 4.79 Å². The first-order chi connectivity index (χ1) is 9.72. The minimum atomic E-state index is -0.886. The lowest BCUT2D eigenvalue weighted by atomic mass is 9.86. The quantitative estimate of drug-likeness (QED) is 0.793. The van der Waals surface area contributed by atoms with Crippen molar-refractivity contribution in [3.63, 3.8) is 0 Å². The second kappa shape index (κ2) is 3.73. The maximum Gasteiger partial charge on any atom is 0.255 e. The smallest absolute Gasteiger partial charge is 0.255 e. The minimum absolute atomic E-state index is 0.0925. The SMILES string of the molecule is Cc1cccc2c1C1(NC(=O)c3ccccc31)OC=C2. The van der Waals surface area contributed by atoms with Crippen LogP contribution in [0.3, 0.4) is 0 Å². The summed E-state index contributed by atoms with van der Waals surface area (Å²) < 4.78 is 5.92. The first-order valence-corrected chi connectivity index (χ1v) is 6.59. The first-order valence-electron chi connectivity index (χ1n) is 6.59. The Morgan fingerprint density at radius 2 is 1.95 bits per heavy atom. The van der Waals surface area contributed by atoms with Crippen molar-refractivity contribution in [2.45, 2.75) is 12.6 Å². The lowest BCUT2D eigenvalue weighted by molar-refractivity contribution is 0.0302. The zero-order chi connectivity index (χ0) is 13.7. The zero-order valence-corrected chi connectivity index (χ0v) is 11.0. The van der Waals surface area contributed by atoms with Gasteiger partial charge in [-0.3, -0.25) is 4.79 Å². The number of benzene rings is 2. The summed E-state index contributed by atoms with van der Waals surface area (Å²) in [6.45, 7) is 2.04. The molecule has 1 atom stereocenters. The van der Waals surface area contributed by atoms with Crippen LogP contribution < -0.4 is 5.32 Å². The molecular weight excluding hydrogens is 250 g/mol. The fourth-order valence-electron chi connectivity index (χ4n) is 3.15. The Balaban J connectivity index is 2.06. The Hall–Kier alpha value is -2.55. The standard InChI is InChI=1S/C17H13NO2/c1-11-5-4-6-12-9-10-20-17(15(11)12)14-8-3-2-7-13(14)16(19)18-17/h2-10H,1H3,(H,18,19). The van der Waals surface area contributed by atoms with Gasteiger partial charge in [-0.1, -0.05) is 36.4 Å². The molecule has 4 rings (SSSR count). The molecule has 2 aliphatic heterocycles. The molecule has 1 N–H and O–H groups in total. The Bertz CT molecular complexity index is 763. The van der Waals surface area contributed by atoms with Gasteiger partial charge in [-0.05, 0) is 30.2 Å². The second-order valence-corrected chi connectivity index (χ2v) is 5.14. The number of hydrogen-bond acceptors (Lipinski definition) is 2. The van der Waals surface area contributed by atoms with Gasteiger partial charge < -0.3 is 10.1 Å². The van der Waals surface area contributed by atoms with E-state index < -0.39 is 5.72 Å². The molecule has 0 radical (unpaired) electrons. The van der Waals surface area contributed by atoms with Gasteiger partial charge in [0.1, 0.15) is 0 Å². The second-order valence-electron chi connectivity index (χ2n) is 5.14. The highest BCUT2D eigenvalue weighted by Crippen LogP contribution is 2.43. The molecule has 1 amide bonds. The van der Waals surface area contributed by atoms with Crippen molar-refractivity contribution in [2.75, 3.05) is 0 Å². The third-order valence-electron chi connectivity index (χ3n) is 3.99. The third-order valence-corrected chi connectivity index (χ3v) is 3.99. The van der Waals surface area contributed by atoms with Gasteiger partial charge in [-0.25, -0.2) is 0 Å². The Morgan fingerprint density at radius 3 is 2.85 bits per heavy atom. The summed E-state index contributed by atoms with van der Waals surface area (Å²) in [4.78, 5) is 12.2. The number of aryl methyl sites for hydroxylation is 1. The highest BCUT2D eigenvalue weighted by atomic mass is 16.5. The Morgan fingerprint density at radius 1 is 1.10 bits per heavy atom. The molecule has 2 aliphatic rings. The molecule has 20 heavy (non-hydrogen) atoms. The number of carbonyl (C=O) groups is 1. The van der Waals surface area contributed by atoms with E-state index in [1.165, 1.54) is 0 Å². The van der Waals surface area contributed by atoms with Crippen LogP contribution in [0.1, 0.15) is 32.6 Å². The van der Waals surface area contributed by atoms with Gasteiger partial charge in [0.25, 0.3) is 5.91 Å². The maximum absolute atomic E-state index is 12.2. The summed E-state index contributed by atoms with van der Waals surface area (Å²) in [6, 6.07) is 13.7. The normalized spacial score (nSPS) is 22.1. The predicted molar refractivity (Wildman–Crippen MR) is 76.0 cm³/mol. The number of hydrogen-bond donors (Lipinski definition) is 1. The predicted octanol–water partition coefficient (Wildman–Crippen LogP) is 2.94. The lowest BCUT2D eigenvalue weighted by Crippen LogP contribution is -2.44. The zero-order valence-electron chi connectivity index (χ0n) is 11.0. The van der Waals surface area contributed by atoms with Crippen LogP contribution in [0.15, 0.2) is 48.7 Å². The van der Waals surface area contributed by atoms with Crippen LogP contribution in [-0.2, 0) is 10.5 Å². The molecule has 0 saturated heterocycles. The van der Waals surface area contributed by atoms with E-state index in [-0.39, 0.29) is 5.91 Å². The first kappa shape index (κ1) is 11.3. The van der Waals surface area contributed by atoms with Crippen LogP contribution in [0, 0.1) is 6.92 Å². The molecule has 0 aromatic heterocycles. The highest BCUT2D eigenvalue weighted by molar-refractivity contribution is 6.00. The van der Waals surface area contributed by atoms with Crippen LogP contribution >= 0.6 is 0 Å². The maximum atomic E-state index is 12.2. The van der Waals surface area contributed by atoms with Crippen molar-refractivity contribution in [1.82, 2.24) is 5.32 Å². The summed E-state index contributed by atoms with van der Waals surface area (Å²) in [7, 11) is 0. The van der Waals surface area contributed by atoms with E-state index >= 15 is 0 Å². The van der Waals surface area contributed by atoms with Gasteiger partial charge in [-0.2, -0.15) is 0 Å². The van der Waals surface area contributed by atoms with Crippen molar-refractivity contribution in [1.29, 1.82) is 0 Å². The fraction of sp³-hybridized carbons (Fsp3) is 0.118. The van der Waals surface area contributed by atoms with Gasteiger partial charge >= 0.3 is 0 Å². The number of fused-ring (bicyclic) bond motifs is 4. The third kappa shape index (κ3) is 1.27. The molecule has 1 spiro atoms. The van der Waals surface area contributed by atoms with Gasteiger partial charge in [0.15, 0.2) is 0 Å². The molecule has 2 aromatic carbocycles. The summed E-state index contributed by atoms with van der Waals surface area (Å²) in [5.74, 6) is -0.0925. The number of nitrogens with one attached hydrogen (secondary N) is 1. The van der Waals surface area contributed by atoms with Crippen LogP contribution in [0.25, 0.3) is 6.08 Å². The van der Waals surface area contributed by atoms with Gasteiger partial charge in [0.2, 0.25) is 5.72 Å². The van der Waals surface area contributed by atoms with Gasteiger partial charge in [0.05, 0.1) is 6.26 Å². The monoisotopic (exact) mass is 263 g/mol. The van der Waals surface area contributed by atoms with Crippen LogP contribution in [0.2, 0.25) is 0 Å². The van der Waals surface area contributed by atoms with E-state index in [1.54, 1.807) is 6.26 Å². The molecular formula is C17H13NO2. The highest BCUT2D eigenvalue weighted by Gasteiger charge is 2.48. The summed E-state index contributed by atoms with van der Waals surface area (Å²) >= 11 is 0. The molecule has 0 aliphatic carbocycles. The van der Waals surface area contributed by atoms with Gasteiger partial charge in [0, 0.05) is 16.7 Å². The molecule has 0 saturated carbocycles. The van der Waals surface area contributed by atoms with E-state index in [2.05, 4.69) is 5.32 Å². The average molecular weight is 263 g/mol. The van der Waals surface area contributed by atoms with Crippen LogP contribution in [-0.4, -0.2) is 5.91 Å². The summed E-state index contributed by atoms with van der Waals surface area (Å²) in [6.07, 6.45) is 3.59. The van der Waals surface area contributed by atoms with Crippen LogP contribution in [0.4, 0.5) is 0 Å². The average Bonchev–Trinajstić information content (AvgIpc) is 2.73. The van der Waals surface area contributed by atoms with E-state index in [1.807, 2.05) is 55.5 Å². The molecule has 2 aromatic rings. The molecule has 3 nitrogen and oxygen atoms in total. The number of ether oxygens (including phenoxy) is 1. The number of amides is 1. The van der Waals surface area contributed by atoms with Crippen molar-refractivity contribution in [3.05, 3.63) is 76.5 Å². The van der Waals surface area contributed by atoms with Crippen molar-refractivity contribution in [3.8, 4) is 0 Å². The summed E-state index contributed by atoms with van der Waals surface area (Å²) in [5, 5.41) is 3.02. The Kier molecular flexibility index (Phi) is 2.11. The number of rotatable bonds is 0. The molecule has 1 unspecified atom stereocenters. The lowest BCUT2D eigenvalue weighted by Gasteiger charge is -2.35. The van der Waals surface area contributed by atoms with Crippen LogP contribution in [0.5, 0.6) is 0 Å². The van der Waals surface area contributed by atoms with E-state index in [0.717, 1.165) is 22.3 Å². The van der Waals surface area contributed by atoms with Crippen molar-refractivity contribution < 1.29 is 9.53 Å². The largest absolute Gasteiger partial charge is 0.467 e. The minimum Gasteiger partial charge on any atom is -0.467 e. The molecule has 0 fully saturated rings. The molecule has 2 heterocycles. The summed E-state index contributed by atoms with van der Waals surface area (Å²) in [5.41, 5.74) is 3.86. The van der Waals surface area contributed by atoms with Crippen molar-refractivity contribution in [2.24, 2.45) is 0 Å². The molecule has 3 heteroatoms. The topological polar surface area (TPSA) is 38.3 Å². The van der Waals surface area contributed by atoms with E-state index in [0.29, 0.717) is 5.56 Å². The van der Waals surface area contributed by atoms with E-state index in [4.69, 9.17) is 4.74 Å². The van der Waals surface area contributed by atoms with Gasteiger partial charge in [-0.15, -0.1) is 0 Å². The molecule has 98 valence electrons. The Labute approximate surface area is 116 Å². The molecule has 0 bridgehead atoms. The van der Waals surface area contributed by atoms with Crippen molar-refractivity contribution >= 4 is 12.0 Å².